The van der Waals surface area contributed by atoms with Crippen LogP contribution in [-0.2, 0) is 4.79 Å². The lowest BCUT2D eigenvalue weighted by atomic mass is 9.99. The summed E-state index contributed by atoms with van der Waals surface area (Å²) in [5, 5.41) is 21.8. The number of aliphatic carboxylic acids is 1. The van der Waals surface area contributed by atoms with E-state index in [0.29, 0.717) is 12.1 Å². The Morgan fingerprint density at radius 1 is 1.35 bits per heavy atom. The van der Waals surface area contributed by atoms with Crippen LogP contribution in [0, 0.1) is 0 Å². The zero-order valence-electron chi connectivity index (χ0n) is 13.0. The largest absolute Gasteiger partial charge is 0.481 e. The van der Waals surface area contributed by atoms with Gasteiger partial charge < -0.3 is 15.7 Å². The van der Waals surface area contributed by atoms with Gasteiger partial charge in [-0.2, -0.15) is 0 Å². The molecule has 0 spiro atoms. The van der Waals surface area contributed by atoms with E-state index in [1.54, 1.807) is 49.1 Å². The standard InChI is InChI=1S/C15H19N5O3/c1-15(2,7-6-13(21)22)18-14(23)17-11-4-3-5-12(10-11)20-9-8-16-19-20/h3-5,8-10H,6-7H2,1-2H3,(H,21,22)(H2,17,18,23). The fraction of sp³-hybridized carbons (Fsp3) is 0.333. The number of rotatable bonds is 6. The van der Waals surface area contributed by atoms with Crippen molar-refractivity contribution in [2.45, 2.75) is 32.2 Å². The summed E-state index contributed by atoms with van der Waals surface area (Å²) in [6.07, 6.45) is 3.61. The van der Waals surface area contributed by atoms with Gasteiger partial charge in [0, 0.05) is 17.6 Å². The van der Waals surface area contributed by atoms with E-state index < -0.39 is 17.5 Å². The molecule has 0 aliphatic carbocycles. The summed E-state index contributed by atoms with van der Waals surface area (Å²) in [5.74, 6) is -0.888. The van der Waals surface area contributed by atoms with E-state index in [9.17, 15) is 9.59 Å². The minimum Gasteiger partial charge on any atom is -0.481 e. The number of carbonyl (C=O) groups excluding carboxylic acids is 1. The normalized spacial score (nSPS) is 11.0. The summed E-state index contributed by atoms with van der Waals surface area (Å²) in [5.41, 5.74) is 0.751. The number of nitrogens with one attached hydrogen (secondary N) is 2. The van der Waals surface area contributed by atoms with E-state index in [-0.39, 0.29) is 6.42 Å². The molecule has 3 N–H and O–H groups in total. The van der Waals surface area contributed by atoms with Gasteiger partial charge in [0.15, 0.2) is 0 Å². The Morgan fingerprint density at radius 3 is 2.78 bits per heavy atom. The molecule has 2 amide bonds. The maximum Gasteiger partial charge on any atom is 0.319 e. The molecular formula is C15H19N5O3. The number of anilines is 1. The highest BCUT2D eigenvalue weighted by molar-refractivity contribution is 5.90. The first-order valence-electron chi connectivity index (χ1n) is 7.13. The summed E-state index contributed by atoms with van der Waals surface area (Å²) < 4.78 is 1.58. The molecule has 0 aliphatic heterocycles. The average molecular weight is 317 g/mol. The molecule has 23 heavy (non-hydrogen) atoms. The number of aromatic nitrogens is 3. The zero-order valence-corrected chi connectivity index (χ0v) is 13.0. The number of hydrogen-bond acceptors (Lipinski definition) is 4. The van der Waals surface area contributed by atoms with Crippen LogP contribution < -0.4 is 10.6 Å². The van der Waals surface area contributed by atoms with Gasteiger partial charge in [0.2, 0.25) is 0 Å². The van der Waals surface area contributed by atoms with Crippen molar-refractivity contribution in [3.63, 3.8) is 0 Å². The minimum absolute atomic E-state index is 0.00490. The maximum absolute atomic E-state index is 12.1. The maximum atomic E-state index is 12.1. The van der Waals surface area contributed by atoms with Gasteiger partial charge in [0.05, 0.1) is 18.1 Å². The lowest BCUT2D eigenvalue weighted by Gasteiger charge is -2.25. The summed E-state index contributed by atoms with van der Waals surface area (Å²) >= 11 is 0. The fourth-order valence-corrected chi connectivity index (χ4v) is 2.02. The molecule has 0 saturated heterocycles. The first kappa shape index (κ1) is 16.5. The van der Waals surface area contributed by atoms with Crippen molar-refractivity contribution in [3.05, 3.63) is 36.7 Å². The van der Waals surface area contributed by atoms with Crippen molar-refractivity contribution in [1.29, 1.82) is 0 Å². The van der Waals surface area contributed by atoms with E-state index in [4.69, 9.17) is 5.11 Å². The second-order valence-corrected chi connectivity index (χ2v) is 5.75. The van der Waals surface area contributed by atoms with Gasteiger partial charge in [-0.3, -0.25) is 4.79 Å². The lowest BCUT2D eigenvalue weighted by molar-refractivity contribution is -0.137. The van der Waals surface area contributed by atoms with E-state index in [2.05, 4.69) is 20.9 Å². The molecule has 8 nitrogen and oxygen atoms in total. The van der Waals surface area contributed by atoms with Crippen molar-refractivity contribution < 1.29 is 14.7 Å². The van der Waals surface area contributed by atoms with Crippen LogP contribution in [-0.4, -0.2) is 37.6 Å². The number of carboxylic acid groups (broad SMARTS) is 1. The first-order chi connectivity index (χ1) is 10.9. The highest BCUT2D eigenvalue weighted by Crippen LogP contribution is 2.15. The molecule has 0 fully saturated rings. The van der Waals surface area contributed by atoms with Gasteiger partial charge in [-0.25, -0.2) is 9.48 Å². The van der Waals surface area contributed by atoms with Crippen LogP contribution >= 0.6 is 0 Å². The number of carboxylic acids is 1. The predicted octanol–water partition coefficient (Wildman–Crippen LogP) is 2.03. The number of urea groups is 1. The minimum atomic E-state index is -0.888. The van der Waals surface area contributed by atoms with Gasteiger partial charge in [-0.05, 0) is 38.5 Å². The van der Waals surface area contributed by atoms with Crippen LogP contribution in [0.1, 0.15) is 26.7 Å². The Balaban J connectivity index is 1.98. The van der Waals surface area contributed by atoms with Crippen LogP contribution in [0.3, 0.4) is 0 Å². The van der Waals surface area contributed by atoms with Crippen LogP contribution in [0.25, 0.3) is 5.69 Å². The van der Waals surface area contributed by atoms with Crippen molar-refractivity contribution >= 4 is 17.7 Å². The molecule has 0 saturated carbocycles. The molecule has 0 radical (unpaired) electrons. The van der Waals surface area contributed by atoms with Crippen molar-refractivity contribution in [1.82, 2.24) is 20.3 Å². The third-order valence-electron chi connectivity index (χ3n) is 3.21. The zero-order chi connectivity index (χ0) is 16.9. The molecule has 1 aromatic heterocycles. The number of amides is 2. The Morgan fingerprint density at radius 2 is 2.13 bits per heavy atom. The Hall–Kier alpha value is -2.90. The Kier molecular flexibility index (Phi) is 4.95. The monoisotopic (exact) mass is 317 g/mol. The van der Waals surface area contributed by atoms with Gasteiger partial charge in [0.25, 0.3) is 0 Å². The Bertz CT molecular complexity index is 682. The van der Waals surface area contributed by atoms with Crippen molar-refractivity contribution in [2.75, 3.05) is 5.32 Å². The fourth-order valence-electron chi connectivity index (χ4n) is 2.02. The van der Waals surface area contributed by atoms with Crippen molar-refractivity contribution in [3.8, 4) is 5.69 Å². The smallest absolute Gasteiger partial charge is 0.319 e. The second-order valence-electron chi connectivity index (χ2n) is 5.75. The predicted molar refractivity (Wildman–Crippen MR) is 84.5 cm³/mol. The lowest BCUT2D eigenvalue weighted by Crippen LogP contribution is -2.45. The molecule has 1 aromatic carbocycles. The molecule has 0 atom stereocenters. The number of nitrogens with zero attached hydrogens (tertiary/aromatic N) is 3. The van der Waals surface area contributed by atoms with Gasteiger partial charge >= 0.3 is 12.0 Å². The summed E-state index contributed by atoms with van der Waals surface area (Å²) in [6, 6.07) is 6.76. The molecular weight excluding hydrogens is 298 g/mol. The third kappa shape index (κ3) is 5.10. The van der Waals surface area contributed by atoms with Crippen LogP contribution in [0.5, 0.6) is 0 Å². The molecule has 2 aromatic rings. The van der Waals surface area contributed by atoms with Crippen LogP contribution in [0.4, 0.5) is 10.5 Å². The van der Waals surface area contributed by atoms with E-state index in [0.717, 1.165) is 5.69 Å². The molecule has 2 rings (SSSR count). The van der Waals surface area contributed by atoms with Crippen molar-refractivity contribution in [2.24, 2.45) is 0 Å². The first-order valence-corrected chi connectivity index (χ1v) is 7.13. The second kappa shape index (κ2) is 6.91. The van der Waals surface area contributed by atoms with E-state index in [1.807, 2.05) is 6.07 Å². The summed E-state index contributed by atoms with van der Waals surface area (Å²) in [6.45, 7) is 3.56. The number of hydrogen-bond donors (Lipinski definition) is 3. The topological polar surface area (TPSA) is 109 Å². The molecule has 0 aliphatic rings. The highest BCUT2D eigenvalue weighted by Gasteiger charge is 2.21. The van der Waals surface area contributed by atoms with E-state index in [1.165, 1.54) is 0 Å². The molecule has 0 unspecified atom stereocenters. The van der Waals surface area contributed by atoms with Gasteiger partial charge in [-0.15, -0.1) is 5.10 Å². The number of benzene rings is 1. The summed E-state index contributed by atoms with van der Waals surface area (Å²) in [7, 11) is 0. The number of carbonyl (C=O) groups is 2. The molecule has 1 heterocycles. The third-order valence-corrected chi connectivity index (χ3v) is 3.21. The van der Waals surface area contributed by atoms with E-state index >= 15 is 0 Å². The van der Waals surface area contributed by atoms with Crippen LogP contribution in [0.15, 0.2) is 36.7 Å². The van der Waals surface area contributed by atoms with Gasteiger partial charge in [-0.1, -0.05) is 11.3 Å². The quantitative estimate of drug-likeness (QED) is 0.755. The average Bonchev–Trinajstić information content (AvgIpc) is 2.99. The molecule has 122 valence electrons. The molecule has 0 bridgehead atoms. The highest BCUT2D eigenvalue weighted by atomic mass is 16.4. The molecule has 8 heteroatoms. The SMILES string of the molecule is CC(C)(CCC(=O)O)NC(=O)Nc1cccc(-n2ccnn2)c1. The van der Waals surface area contributed by atoms with Gasteiger partial charge in [0.1, 0.15) is 0 Å². The summed E-state index contributed by atoms with van der Waals surface area (Å²) in [4.78, 5) is 22.7. The van der Waals surface area contributed by atoms with Crippen LogP contribution in [0.2, 0.25) is 0 Å². The Labute approximate surface area is 133 Å².